The minimum Gasteiger partial charge on any atom is -0.365 e. The largest absolute Gasteiger partial charge is 0.365 e. The standard InChI is InChI=1S/C18H17ClFN9/c19-10-5-12-13(7-22-16(12)21-6-10)17-23-8-14(20)18(25-17)24-11-3-1-2-9(4-11)15-26-28-29-27-15/h5-9,11H,1-4H2,(H,21,22)(H,23,24,25)(H,26,27,28,29)/t9-,11+/m1/s1. The maximum Gasteiger partial charge on any atom is 0.183 e. The second-order valence-corrected chi connectivity index (χ2v) is 7.55. The Morgan fingerprint density at radius 2 is 2.14 bits per heavy atom. The molecule has 4 heterocycles. The fraction of sp³-hybridized carbons (Fsp3) is 0.333. The summed E-state index contributed by atoms with van der Waals surface area (Å²) in [7, 11) is 0. The SMILES string of the molecule is Fc1cnc(-c2c[nH]c3ncc(Cl)cc23)nc1N[C@H]1CCC[C@@H](c2nn[nH]n2)C1. The van der Waals surface area contributed by atoms with Gasteiger partial charge >= 0.3 is 0 Å². The van der Waals surface area contributed by atoms with E-state index in [-0.39, 0.29) is 17.8 Å². The molecule has 3 N–H and O–H groups in total. The van der Waals surface area contributed by atoms with E-state index >= 15 is 0 Å². The molecule has 0 aliphatic heterocycles. The van der Waals surface area contributed by atoms with Gasteiger partial charge in [0.2, 0.25) is 0 Å². The fourth-order valence-corrected chi connectivity index (χ4v) is 4.01. The third kappa shape index (κ3) is 3.51. The van der Waals surface area contributed by atoms with E-state index in [0.29, 0.717) is 27.9 Å². The van der Waals surface area contributed by atoms with Gasteiger partial charge in [-0.3, -0.25) is 0 Å². The van der Waals surface area contributed by atoms with Crippen molar-refractivity contribution in [3.63, 3.8) is 0 Å². The van der Waals surface area contributed by atoms with Crippen molar-refractivity contribution < 1.29 is 4.39 Å². The van der Waals surface area contributed by atoms with Gasteiger partial charge in [0.1, 0.15) is 5.65 Å². The Morgan fingerprint density at radius 1 is 1.21 bits per heavy atom. The number of tetrazole rings is 1. The lowest BCUT2D eigenvalue weighted by molar-refractivity contribution is 0.396. The van der Waals surface area contributed by atoms with Crippen LogP contribution in [0.15, 0.2) is 24.7 Å². The summed E-state index contributed by atoms with van der Waals surface area (Å²) in [5.41, 5.74) is 1.38. The molecule has 2 atom stereocenters. The highest BCUT2D eigenvalue weighted by Gasteiger charge is 2.27. The number of nitrogens with one attached hydrogen (secondary N) is 3. The van der Waals surface area contributed by atoms with Crippen LogP contribution in [-0.2, 0) is 0 Å². The van der Waals surface area contributed by atoms with Gasteiger partial charge in [-0.15, -0.1) is 10.2 Å². The number of hydrogen-bond acceptors (Lipinski definition) is 7. The van der Waals surface area contributed by atoms with E-state index in [9.17, 15) is 4.39 Å². The first-order chi connectivity index (χ1) is 14.2. The number of aromatic nitrogens is 8. The van der Waals surface area contributed by atoms with Gasteiger partial charge in [-0.2, -0.15) is 5.21 Å². The topological polar surface area (TPSA) is 121 Å². The third-order valence-corrected chi connectivity index (χ3v) is 5.43. The number of nitrogens with zero attached hydrogens (tertiary/aromatic N) is 6. The first-order valence-electron chi connectivity index (χ1n) is 9.33. The van der Waals surface area contributed by atoms with Crippen LogP contribution >= 0.6 is 11.6 Å². The van der Waals surface area contributed by atoms with Crippen LogP contribution in [0, 0.1) is 5.82 Å². The Morgan fingerprint density at radius 3 is 3.00 bits per heavy atom. The number of anilines is 1. The molecule has 0 amide bonds. The van der Waals surface area contributed by atoms with Gasteiger partial charge in [-0.25, -0.2) is 19.3 Å². The van der Waals surface area contributed by atoms with Gasteiger partial charge in [0.05, 0.1) is 11.2 Å². The smallest absolute Gasteiger partial charge is 0.183 e. The van der Waals surface area contributed by atoms with Crippen LogP contribution in [-0.4, -0.2) is 46.6 Å². The zero-order chi connectivity index (χ0) is 19.8. The molecule has 0 unspecified atom stereocenters. The number of aromatic amines is 2. The average molecular weight is 414 g/mol. The molecule has 4 aromatic heterocycles. The average Bonchev–Trinajstić information content (AvgIpc) is 3.40. The lowest BCUT2D eigenvalue weighted by Crippen LogP contribution is -2.28. The number of H-pyrrole nitrogens is 2. The van der Waals surface area contributed by atoms with Crippen LogP contribution in [0.4, 0.5) is 10.2 Å². The zero-order valence-electron chi connectivity index (χ0n) is 15.2. The monoisotopic (exact) mass is 413 g/mol. The predicted octanol–water partition coefficient (Wildman–Crippen LogP) is 3.46. The van der Waals surface area contributed by atoms with Gasteiger partial charge in [0.25, 0.3) is 0 Å². The molecule has 4 aromatic rings. The minimum atomic E-state index is -0.494. The molecule has 5 rings (SSSR count). The molecule has 1 saturated carbocycles. The van der Waals surface area contributed by atoms with Crippen LogP contribution in [0.5, 0.6) is 0 Å². The summed E-state index contributed by atoms with van der Waals surface area (Å²) in [6, 6.07) is 1.84. The molecule has 9 nitrogen and oxygen atoms in total. The Balaban J connectivity index is 1.41. The highest BCUT2D eigenvalue weighted by molar-refractivity contribution is 6.31. The summed E-state index contributed by atoms with van der Waals surface area (Å²) >= 11 is 6.07. The Bertz CT molecular complexity index is 1140. The summed E-state index contributed by atoms with van der Waals surface area (Å²) in [5.74, 6) is 0.967. The van der Waals surface area contributed by atoms with E-state index in [2.05, 4.69) is 45.9 Å². The molecule has 1 aliphatic rings. The first-order valence-corrected chi connectivity index (χ1v) is 9.70. The number of fused-ring (bicyclic) bond motifs is 1. The molecule has 0 bridgehead atoms. The molecule has 29 heavy (non-hydrogen) atoms. The highest BCUT2D eigenvalue weighted by Crippen LogP contribution is 2.33. The van der Waals surface area contributed by atoms with E-state index < -0.39 is 5.82 Å². The summed E-state index contributed by atoms with van der Waals surface area (Å²) in [6.07, 6.45) is 8.16. The quantitative estimate of drug-likeness (QED) is 0.468. The lowest BCUT2D eigenvalue weighted by atomic mass is 9.85. The molecular formula is C18H17ClFN9. The molecule has 1 aliphatic carbocycles. The number of rotatable bonds is 4. The molecule has 0 aromatic carbocycles. The molecule has 1 fully saturated rings. The van der Waals surface area contributed by atoms with Gasteiger partial charge in [0, 0.05) is 35.3 Å². The van der Waals surface area contributed by atoms with Crippen molar-refractivity contribution in [2.24, 2.45) is 0 Å². The van der Waals surface area contributed by atoms with Crippen LogP contribution < -0.4 is 5.32 Å². The number of halogens is 2. The maximum absolute atomic E-state index is 14.4. The Kier molecular flexibility index (Phi) is 4.55. The van der Waals surface area contributed by atoms with Crippen molar-refractivity contribution in [3.8, 4) is 11.4 Å². The molecule has 0 spiro atoms. The fourth-order valence-electron chi connectivity index (χ4n) is 3.85. The Labute approximate surface area is 169 Å². The van der Waals surface area contributed by atoms with Crippen molar-refractivity contribution in [3.05, 3.63) is 41.3 Å². The van der Waals surface area contributed by atoms with Gasteiger partial charge in [-0.05, 0) is 25.3 Å². The van der Waals surface area contributed by atoms with E-state index in [4.69, 9.17) is 11.6 Å². The highest BCUT2D eigenvalue weighted by atomic mass is 35.5. The first kappa shape index (κ1) is 17.9. The normalized spacial score (nSPS) is 19.5. The zero-order valence-corrected chi connectivity index (χ0v) is 16.0. The lowest BCUT2D eigenvalue weighted by Gasteiger charge is -2.28. The molecule has 11 heteroatoms. The van der Waals surface area contributed by atoms with Crippen molar-refractivity contribution in [1.29, 1.82) is 0 Å². The second-order valence-electron chi connectivity index (χ2n) is 7.12. The Hall–Kier alpha value is -3.14. The van der Waals surface area contributed by atoms with Crippen LogP contribution in [0.2, 0.25) is 5.02 Å². The summed E-state index contributed by atoms with van der Waals surface area (Å²) in [4.78, 5) is 15.9. The number of hydrogen-bond donors (Lipinski definition) is 3. The minimum absolute atomic E-state index is 0.0589. The van der Waals surface area contributed by atoms with Crippen molar-refractivity contribution in [2.45, 2.75) is 37.6 Å². The van der Waals surface area contributed by atoms with Gasteiger partial charge in [0.15, 0.2) is 23.3 Å². The van der Waals surface area contributed by atoms with E-state index in [1.165, 1.54) is 6.20 Å². The van der Waals surface area contributed by atoms with Crippen LogP contribution in [0.25, 0.3) is 22.4 Å². The molecule has 0 saturated heterocycles. The maximum atomic E-state index is 14.4. The predicted molar refractivity (Wildman–Crippen MR) is 105 cm³/mol. The summed E-state index contributed by atoms with van der Waals surface area (Å²) in [5, 5.41) is 18.8. The van der Waals surface area contributed by atoms with Gasteiger partial charge < -0.3 is 10.3 Å². The van der Waals surface area contributed by atoms with Crippen molar-refractivity contribution in [1.82, 2.24) is 40.6 Å². The van der Waals surface area contributed by atoms with E-state index in [1.54, 1.807) is 18.5 Å². The molecule has 148 valence electrons. The summed E-state index contributed by atoms with van der Waals surface area (Å²) in [6.45, 7) is 0. The second kappa shape index (κ2) is 7.36. The van der Waals surface area contributed by atoms with Crippen LogP contribution in [0.3, 0.4) is 0 Å². The summed E-state index contributed by atoms with van der Waals surface area (Å²) < 4.78 is 14.4. The van der Waals surface area contributed by atoms with Gasteiger partial charge in [-0.1, -0.05) is 23.2 Å². The molecule has 0 radical (unpaired) electrons. The third-order valence-electron chi connectivity index (χ3n) is 5.22. The van der Waals surface area contributed by atoms with Crippen LogP contribution in [0.1, 0.15) is 37.4 Å². The van der Waals surface area contributed by atoms with Crippen molar-refractivity contribution in [2.75, 3.05) is 5.32 Å². The van der Waals surface area contributed by atoms with E-state index in [0.717, 1.165) is 31.1 Å². The van der Waals surface area contributed by atoms with E-state index in [1.807, 2.05) is 0 Å². The van der Waals surface area contributed by atoms with Crippen molar-refractivity contribution >= 4 is 28.5 Å². The molecular weight excluding hydrogens is 397 g/mol. The number of pyridine rings is 1.